The van der Waals surface area contributed by atoms with Gasteiger partial charge < -0.3 is 5.11 Å². The summed E-state index contributed by atoms with van der Waals surface area (Å²) in [6.45, 7) is 0. The second kappa shape index (κ2) is 5.56. The lowest BCUT2D eigenvalue weighted by molar-refractivity contribution is 0.474. The van der Waals surface area contributed by atoms with Crippen LogP contribution in [0.4, 0.5) is 4.39 Å². The summed E-state index contributed by atoms with van der Waals surface area (Å²) in [5.41, 5.74) is 0.935. The molecule has 0 fully saturated rings. The monoisotopic (exact) mass is 259 g/mol. The summed E-state index contributed by atoms with van der Waals surface area (Å²) in [6, 6.07) is 13.1. The van der Waals surface area contributed by atoms with Crippen LogP contribution in [0.1, 0.15) is 11.1 Å². The van der Waals surface area contributed by atoms with Gasteiger partial charge in [-0.15, -0.1) is 11.8 Å². The fourth-order valence-electron chi connectivity index (χ4n) is 1.49. The van der Waals surface area contributed by atoms with E-state index in [0.29, 0.717) is 16.9 Å². The highest BCUT2D eigenvalue weighted by Gasteiger charge is 2.05. The van der Waals surface area contributed by atoms with Gasteiger partial charge in [-0.2, -0.15) is 5.26 Å². The second-order valence-electron chi connectivity index (χ2n) is 3.70. The van der Waals surface area contributed by atoms with Crippen molar-refractivity contribution < 1.29 is 9.50 Å². The summed E-state index contributed by atoms with van der Waals surface area (Å²) in [7, 11) is 0. The van der Waals surface area contributed by atoms with E-state index in [2.05, 4.69) is 0 Å². The van der Waals surface area contributed by atoms with Crippen molar-refractivity contribution in [3.63, 3.8) is 0 Å². The minimum Gasteiger partial charge on any atom is -0.508 e. The zero-order chi connectivity index (χ0) is 13.0. The number of benzene rings is 2. The van der Waals surface area contributed by atoms with E-state index < -0.39 is 0 Å². The van der Waals surface area contributed by atoms with Crippen molar-refractivity contribution in [2.45, 2.75) is 10.6 Å². The maximum atomic E-state index is 13.5. The van der Waals surface area contributed by atoms with E-state index in [9.17, 15) is 9.50 Å². The molecule has 0 saturated heterocycles. The molecule has 0 aliphatic carbocycles. The first kappa shape index (κ1) is 12.5. The summed E-state index contributed by atoms with van der Waals surface area (Å²) in [6.07, 6.45) is 0. The molecule has 0 radical (unpaired) electrons. The highest BCUT2D eigenvalue weighted by molar-refractivity contribution is 7.98. The average molecular weight is 259 g/mol. The van der Waals surface area contributed by atoms with E-state index in [-0.39, 0.29) is 11.6 Å². The van der Waals surface area contributed by atoms with Gasteiger partial charge in [-0.1, -0.05) is 6.07 Å². The molecule has 0 bridgehead atoms. The number of hydrogen-bond acceptors (Lipinski definition) is 3. The van der Waals surface area contributed by atoms with Gasteiger partial charge in [0.15, 0.2) is 0 Å². The van der Waals surface area contributed by atoms with Crippen LogP contribution in [-0.2, 0) is 5.75 Å². The number of nitrogens with zero attached hydrogens (tertiary/aromatic N) is 1. The second-order valence-corrected chi connectivity index (χ2v) is 4.75. The minimum atomic E-state index is -0.318. The Balaban J connectivity index is 2.13. The van der Waals surface area contributed by atoms with Gasteiger partial charge in [0, 0.05) is 10.6 Å². The quantitative estimate of drug-likeness (QED) is 0.855. The van der Waals surface area contributed by atoms with Gasteiger partial charge in [-0.25, -0.2) is 4.39 Å². The summed E-state index contributed by atoms with van der Waals surface area (Å²) in [5, 5.41) is 18.1. The van der Waals surface area contributed by atoms with Crippen molar-refractivity contribution in [1.29, 1.82) is 5.26 Å². The molecule has 0 atom stereocenters. The number of thioether (sulfide) groups is 1. The Morgan fingerprint density at radius 2 is 2.06 bits per heavy atom. The maximum Gasteiger partial charge on any atom is 0.127 e. The van der Waals surface area contributed by atoms with Crippen LogP contribution in [0.3, 0.4) is 0 Å². The Morgan fingerprint density at radius 1 is 1.22 bits per heavy atom. The standard InChI is InChI=1S/C14H10FNOS/c15-14-5-4-10(8-16)6-11(14)9-18-13-3-1-2-12(17)7-13/h1-7,17H,9H2. The number of phenols is 1. The summed E-state index contributed by atoms with van der Waals surface area (Å²) in [4.78, 5) is 0.858. The van der Waals surface area contributed by atoms with Crippen molar-refractivity contribution in [2.24, 2.45) is 0 Å². The number of rotatable bonds is 3. The molecule has 4 heteroatoms. The lowest BCUT2D eigenvalue weighted by Crippen LogP contribution is -1.89. The maximum absolute atomic E-state index is 13.5. The largest absolute Gasteiger partial charge is 0.508 e. The highest BCUT2D eigenvalue weighted by Crippen LogP contribution is 2.26. The fraction of sp³-hybridized carbons (Fsp3) is 0.0714. The third kappa shape index (κ3) is 3.02. The van der Waals surface area contributed by atoms with Crippen LogP contribution in [0.2, 0.25) is 0 Å². The number of aromatic hydroxyl groups is 1. The van der Waals surface area contributed by atoms with Crippen LogP contribution in [0.15, 0.2) is 47.4 Å². The molecule has 2 aromatic rings. The van der Waals surface area contributed by atoms with Crippen LogP contribution in [-0.4, -0.2) is 5.11 Å². The molecule has 0 aromatic heterocycles. The fourth-order valence-corrected chi connectivity index (χ4v) is 2.41. The van der Waals surface area contributed by atoms with E-state index in [0.717, 1.165) is 4.90 Å². The van der Waals surface area contributed by atoms with Gasteiger partial charge in [0.25, 0.3) is 0 Å². The van der Waals surface area contributed by atoms with Gasteiger partial charge in [0.2, 0.25) is 0 Å². The van der Waals surface area contributed by atoms with Crippen molar-refractivity contribution in [3.05, 3.63) is 59.4 Å². The third-order valence-corrected chi connectivity index (χ3v) is 3.43. The molecule has 0 amide bonds. The molecule has 2 nitrogen and oxygen atoms in total. The molecule has 0 heterocycles. The predicted molar refractivity (Wildman–Crippen MR) is 68.8 cm³/mol. The van der Waals surface area contributed by atoms with Crippen LogP contribution in [0, 0.1) is 17.1 Å². The summed E-state index contributed by atoms with van der Waals surface area (Å²) >= 11 is 1.41. The number of nitriles is 1. The Kier molecular flexibility index (Phi) is 3.85. The molecule has 0 spiro atoms. The van der Waals surface area contributed by atoms with E-state index >= 15 is 0 Å². The smallest absolute Gasteiger partial charge is 0.127 e. The van der Waals surface area contributed by atoms with Crippen LogP contribution in [0.25, 0.3) is 0 Å². The van der Waals surface area contributed by atoms with E-state index in [1.54, 1.807) is 24.3 Å². The Morgan fingerprint density at radius 3 is 2.78 bits per heavy atom. The van der Waals surface area contributed by atoms with E-state index in [4.69, 9.17) is 5.26 Å². The number of hydrogen-bond donors (Lipinski definition) is 1. The number of phenolic OH excluding ortho intramolecular Hbond substituents is 1. The normalized spacial score (nSPS) is 10.0. The molecular formula is C14H10FNOS. The van der Waals surface area contributed by atoms with Crippen LogP contribution < -0.4 is 0 Å². The first-order chi connectivity index (χ1) is 8.69. The van der Waals surface area contributed by atoms with Crippen molar-refractivity contribution in [1.82, 2.24) is 0 Å². The third-order valence-electron chi connectivity index (χ3n) is 2.39. The van der Waals surface area contributed by atoms with Gasteiger partial charge >= 0.3 is 0 Å². The van der Waals surface area contributed by atoms with E-state index in [1.807, 2.05) is 12.1 Å². The molecule has 0 unspecified atom stereocenters. The highest BCUT2D eigenvalue weighted by atomic mass is 32.2. The van der Waals surface area contributed by atoms with Gasteiger partial charge in [-0.05, 0) is 42.0 Å². The average Bonchev–Trinajstić information content (AvgIpc) is 2.38. The van der Waals surface area contributed by atoms with E-state index in [1.165, 1.54) is 23.9 Å². The molecule has 1 N–H and O–H groups in total. The lowest BCUT2D eigenvalue weighted by Gasteiger charge is -2.04. The van der Waals surface area contributed by atoms with Gasteiger partial charge in [0.05, 0.1) is 11.6 Å². The zero-order valence-corrected chi connectivity index (χ0v) is 10.2. The Hall–Kier alpha value is -1.99. The van der Waals surface area contributed by atoms with Gasteiger partial charge in [-0.3, -0.25) is 0 Å². The molecule has 2 rings (SSSR count). The molecule has 0 saturated carbocycles. The summed E-state index contributed by atoms with van der Waals surface area (Å²) < 4.78 is 13.5. The Labute approximate surface area is 109 Å². The van der Waals surface area contributed by atoms with Crippen molar-refractivity contribution in [2.75, 3.05) is 0 Å². The molecule has 90 valence electrons. The van der Waals surface area contributed by atoms with Crippen molar-refractivity contribution in [3.8, 4) is 11.8 Å². The first-order valence-corrected chi connectivity index (χ1v) is 6.28. The molecule has 0 aliphatic heterocycles. The SMILES string of the molecule is N#Cc1ccc(F)c(CSc2cccc(O)c2)c1. The van der Waals surface area contributed by atoms with Gasteiger partial charge in [0.1, 0.15) is 11.6 Å². The molecule has 0 aliphatic rings. The molecule has 2 aromatic carbocycles. The predicted octanol–water partition coefficient (Wildman–Crippen LogP) is 3.70. The molecule has 18 heavy (non-hydrogen) atoms. The van der Waals surface area contributed by atoms with Crippen molar-refractivity contribution >= 4 is 11.8 Å². The lowest BCUT2D eigenvalue weighted by atomic mass is 10.1. The summed E-state index contributed by atoms with van der Waals surface area (Å²) in [5.74, 6) is 0.290. The minimum absolute atomic E-state index is 0.186. The topological polar surface area (TPSA) is 44.0 Å². The number of halogens is 1. The first-order valence-electron chi connectivity index (χ1n) is 5.29. The van der Waals surface area contributed by atoms with Crippen LogP contribution in [0.5, 0.6) is 5.75 Å². The van der Waals surface area contributed by atoms with Crippen LogP contribution >= 0.6 is 11.8 Å². The zero-order valence-electron chi connectivity index (χ0n) is 9.43. The molecular weight excluding hydrogens is 249 g/mol. The Bertz CT molecular complexity index is 607.